The number of hydrogen-bond donors (Lipinski definition) is 1. The van der Waals surface area contributed by atoms with Crippen molar-refractivity contribution in [3.05, 3.63) is 65.5 Å². The maximum Gasteiger partial charge on any atom is 0.224 e. The second kappa shape index (κ2) is 9.14. The highest BCUT2D eigenvalue weighted by molar-refractivity contribution is 5.79. The van der Waals surface area contributed by atoms with E-state index in [1.165, 1.54) is 5.56 Å². The molecule has 2 aromatic rings. The maximum absolute atomic E-state index is 13.0. The number of aryl methyl sites for hydroxylation is 1. The lowest BCUT2D eigenvalue weighted by atomic mass is 9.94. The molecular formula is C23H31N3O. The van der Waals surface area contributed by atoms with Crippen LogP contribution >= 0.6 is 0 Å². The minimum absolute atomic E-state index is 0.0880. The Morgan fingerprint density at radius 2 is 1.85 bits per heavy atom. The van der Waals surface area contributed by atoms with Gasteiger partial charge >= 0.3 is 0 Å². The zero-order valence-corrected chi connectivity index (χ0v) is 16.7. The first-order valence-electron chi connectivity index (χ1n) is 10.0. The quantitative estimate of drug-likeness (QED) is 0.843. The van der Waals surface area contributed by atoms with E-state index >= 15 is 0 Å². The number of carbonyl (C=O) groups is 1. The van der Waals surface area contributed by atoms with Gasteiger partial charge in [-0.05, 0) is 56.5 Å². The van der Waals surface area contributed by atoms with Crippen molar-refractivity contribution in [1.29, 1.82) is 0 Å². The van der Waals surface area contributed by atoms with Crippen molar-refractivity contribution in [2.45, 2.75) is 39.7 Å². The molecule has 1 N–H and O–H groups in total. The van der Waals surface area contributed by atoms with Gasteiger partial charge in [0.1, 0.15) is 0 Å². The first-order chi connectivity index (χ1) is 13.0. The molecule has 1 aliphatic heterocycles. The lowest BCUT2D eigenvalue weighted by Gasteiger charge is -2.33. The van der Waals surface area contributed by atoms with Crippen LogP contribution in [0, 0.1) is 18.8 Å². The standard InChI is InChI=1S/C23H31N3O/c1-17(2)16-26-14-11-20(12-15-26)23(27)25-22(21-6-4-5-13-24-21)19-9-7-18(3)8-10-19/h4-10,13,17,20,22H,11-12,14-16H2,1-3H3,(H,25,27). The second-order valence-electron chi connectivity index (χ2n) is 8.08. The molecule has 0 aliphatic carbocycles. The Labute approximate surface area is 163 Å². The number of nitrogens with zero attached hydrogens (tertiary/aromatic N) is 2. The highest BCUT2D eigenvalue weighted by Crippen LogP contribution is 2.24. The predicted molar refractivity (Wildman–Crippen MR) is 109 cm³/mol. The molecule has 2 heterocycles. The molecule has 1 atom stereocenters. The van der Waals surface area contributed by atoms with E-state index in [0.717, 1.165) is 43.7 Å². The monoisotopic (exact) mass is 365 g/mol. The van der Waals surface area contributed by atoms with Gasteiger partial charge in [-0.25, -0.2) is 0 Å². The molecule has 27 heavy (non-hydrogen) atoms. The first kappa shape index (κ1) is 19.6. The smallest absolute Gasteiger partial charge is 0.224 e. The molecule has 4 heteroatoms. The van der Waals surface area contributed by atoms with Crippen LogP contribution in [0.3, 0.4) is 0 Å². The van der Waals surface area contributed by atoms with Crippen LogP contribution in [0.1, 0.15) is 49.6 Å². The van der Waals surface area contributed by atoms with Crippen LogP contribution in [0.15, 0.2) is 48.7 Å². The summed E-state index contributed by atoms with van der Waals surface area (Å²) in [6, 6.07) is 14.0. The number of piperidine rings is 1. The number of amides is 1. The van der Waals surface area contributed by atoms with Crippen LogP contribution in [-0.4, -0.2) is 35.4 Å². The highest BCUT2D eigenvalue weighted by Gasteiger charge is 2.28. The average molecular weight is 366 g/mol. The molecule has 1 saturated heterocycles. The van der Waals surface area contributed by atoms with E-state index in [1.807, 2.05) is 18.2 Å². The SMILES string of the molecule is Cc1ccc(C(NC(=O)C2CCN(CC(C)C)CC2)c2ccccn2)cc1. The molecule has 3 rings (SSSR count). The minimum atomic E-state index is -0.201. The van der Waals surface area contributed by atoms with Gasteiger partial charge in [-0.2, -0.15) is 0 Å². The Kier molecular flexibility index (Phi) is 6.62. The van der Waals surface area contributed by atoms with E-state index < -0.39 is 0 Å². The normalized spacial score (nSPS) is 17.0. The molecule has 1 unspecified atom stereocenters. The number of carbonyl (C=O) groups excluding carboxylic acids is 1. The van der Waals surface area contributed by atoms with Crippen LogP contribution in [0.4, 0.5) is 0 Å². The Morgan fingerprint density at radius 1 is 1.15 bits per heavy atom. The fourth-order valence-electron chi connectivity index (χ4n) is 3.79. The topological polar surface area (TPSA) is 45.2 Å². The molecule has 0 spiro atoms. The van der Waals surface area contributed by atoms with Crippen molar-refractivity contribution >= 4 is 5.91 Å². The molecule has 1 aromatic heterocycles. The van der Waals surface area contributed by atoms with Gasteiger partial charge in [-0.1, -0.05) is 49.7 Å². The van der Waals surface area contributed by atoms with E-state index in [4.69, 9.17) is 0 Å². The van der Waals surface area contributed by atoms with Crippen molar-refractivity contribution in [2.75, 3.05) is 19.6 Å². The minimum Gasteiger partial charge on any atom is -0.343 e. The highest BCUT2D eigenvalue weighted by atomic mass is 16.2. The summed E-state index contributed by atoms with van der Waals surface area (Å²) in [7, 11) is 0. The number of pyridine rings is 1. The summed E-state index contributed by atoms with van der Waals surface area (Å²) in [6.07, 6.45) is 3.65. The summed E-state index contributed by atoms with van der Waals surface area (Å²) in [4.78, 5) is 20.0. The predicted octanol–water partition coefficient (Wildman–Crippen LogP) is 3.96. The third-order valence-corrected chi connectivity index (χ3v) is 5.26. The van der Waals surface area contributed by atoms with Crippen LogP contribution in [0.2, 0.25) is 0 Å². The summed E-state index contributed by atoms with van der Waals surface area (Å²) in [5.74, 6) is 0.908. The van der Waals surface area contributed by atoms with Crippen LogP contribution in [0.25, 0.3) is 0 Å². The third kappa shape index (κ3) is 5.39. The number of rotatable bonds is 6. The summed E-state index contributed by atoms with van der Waals surface area (Å²) >= 11 is 0. The lowest BCUT2D eigenvalue weighted by Crippen LogP contribution is -2.42. The number of benzene rings is 1. The molecule has 0 radical (unpaired) electrons. The molecule has 144 valence electrons. The second-order valence-corrected chi connectivity index (χ2v) is 8.08. The zero-order chi connectivity index (χ0) is 19.2. The van der Waals surface area contributed by atoms with Gasteiger partial charge in [0.2, 0.25) is 5.91 Å². The fourth-order valence-corrected chi connectivity index (χ4v) is 3.79. The van der Waals surface area contributed by atoms with E-state index in [1.54, 1.807) is 6.20 Å². The Morgan fingerprint density at radius 3 is 2.44 bits per heavy atom. The van der Waals surface area contributed by atoms with Gasteiger partial charge in [-0.3, -0.25) is 9.78 Å². The summed E-state index contributed by atoms with van der Waals surface area (Å²) in [5, 5.41) is 3.27. The molecule has 1 amide bonds. The van der Waals surface area contributed by atoms with Crippen LogP contribution in [-0.2, 0) is 4.79 Å². The van der Waals surface area contributed by atoms with Gasteiger partial charge in [0, 0.05) is 18.7 Å². The van der Waals surface area contributed by atoms with E-state index in [2.05, 4.69) is 60.2 Å². The summed E-state index contributed by atoms with van der Waals surface area (Å²) < 4.78 is 0. The van der Waals surface area contributed by atoms with Gasteiger partial charge < -0.3 is 10.2 Å². The Balaban J connectivity index is 1.69. The summed E-state index contributed by atoms with van der Waals surface area (Å²) in [6.45, 7) is 9.71. The molecule has 1 aliphatic rings. The van der Waals surface area contributed by atoms with Crippen molar-refractivity contribution in [1.82, 2.24) is 15.2 Å². The average Bonchev–Trinajstić information content (AvgIpc) is 2.67. The first-order valence-corrected chi connectivity index (χ1v) is 10.0. The van der Waals surface area contributed by atoms with Gasteiger partial charge in [0.25, 0.3) is 0 Å². The van der Waals surface area contributed by atoms with Crippen molar-refractivity contribution in [2.24, 2.45) is 11.8 Å². The molecular weight excluding hydrogens is 334 g/mol. The van der Waals surface area contributed by atoms with Crippen molar-refractivity contribution in [3.8, 4) is 0 Å². The Hall–Kier alpha value is -2.20. The zero-order valence-electron chi connectivity index (χ0n) is 16.7. The van der Waals surface area contributed by atoms with Crippen LogP contribution < -0.4 is 5.32 Å². The van der Waals surface area contributed by atoms with Gasteiger partial charge in [-0.15, -0.1) is 0 Å². The third-order valence-electron chi connectivity index (χ3n) is 5.26. The van der Waals surface area contributed by atoms with Crippen LogP contribution in [0.5, 0.6) is 0 Å². The number of aromatic nitrogens is 1. The maximum atomic E-state index is 13.0. The van der Waals surface area contributed by atoms with Crippen molar-refractivity contribution in [3.63, 3.8) is 0 Å². The number of nitrogens with one attached hydrogen (secondary N) is 1. The Bertz CT molecular complexity index is 719. The van der Waals surface area contributed by atoms with Gasteiger partial charge in [0.15, 0.2) is 0 Å². The largest absolute Gasteiger partial charge is 0.343 e. The van der Waals surface area contributed by atoms with E-state index in [9.17, 15) is 4.79 Å². The van der Waals surface area contributed by atoms with E-state index in [-0.39, 0.29) is 17.9 Å². The van der Waals surface area contributed by atoms with E-state index in [0.29, 0.717) is 5.92 Å². The molecule has 0 saturated carbocycles. The lowest BCUT2D eigenvalue weighted by molar-refractivity contribution is -0.127. The van der Waals surface area contributed by atoms with Gasteiger partial charge in [0.05, 0.1) is 11.7 Å². The number of likely N-dealkylation sites (tertiary alicyclic amines) is 1. The molecule has 4 nitrogen and oxygen atoms in total. The molecule has 1 fully saturated rings. The summed E-state index contributed by atoms with van der Waals surface area (Å²) in [5.41, 5.74) is 3.17. The molecule has 1 aromatic carbocycles. The number of hydrogen-bond acceptors (Lipinski definition) is 3. The van der Waals surface area contributed by atoms with Crippen molar-refractivity contribution < 1.29 is 4.79 Å². The molecule has 0 bridgehead atoms. The fraction of sp³-hybridized carbons (Fsp3) is 0.478.